The van der Waals surface area contributed by atoms with Crippen LogP contribution in [0.2, 0.25) is 5.02 Å². The molecule has 0 aliphatic rings. The predicted molar refractivity (Wildman–Crippen MR) is 64.2 cm³/mol. The number of nitrogens with one attached hydrogen (secondary N) is 1. The third-order valence-corrected chi connectivity index (χ3v) is 2.54. The van der Waals surface area contributed by atoms with Gasteiger partial charge in [-0.2, -0.15) is 5.26 Å². The summed E-state index contributed by atoms with van der Waals surface area (Å²) in [6.45, 7) is 3.61. The first kappa shape index (κ1) is 12.5. The Labute approximate surface area is 100 Å². The van der Waals surface area contributed by atoms with Crippen LogP contribution in [0.25, 0.3) is 0 Å². The number of carbonyl (C=O) groups excluding carboxylic acids is 1. The van der Waals surface area contributed by atoms with E-state index in [-0.39, 0.29) is 18.2 Å². The average molecular weight is 237 g/mol. The Kier molecular flexibility index (Phi) is 4.33. The largest absolute Gasteiger partial charge is 0.326 e. The molecule has 1 rings (SSSR count). The molecule has 0 saturated carbocycles. The number of nitriles is 1. The first-order valence-corrected chi connectivity index (χ1v) is 5.36. The van der Waals surface area contributed by atoms with Crippen molar-refractivity contribution >= 4 is 23.2 Å². The first-order valence-electron chi connectivity index (χ1n) is 4.98. The zero-order valence-corrected chi connectivity index (χ0v) is 10.0. The number of aryl methyl sites for hydroxylation is 1. The second-order valence-corrected chi connectivity index (χ2v) is 4.15. The fraction of sp³-hybridized carbons (Fsp3) is 0.333. The molecule has 1 unspecified atom stereocenters. The standard InChI is InChI=1S/C12H13ClN2O/c1-8-3-4-10(13)7-11(8)15-12(16)9(2)5-6-14/h3-4,7,9H,5H2,1-2H3,(H,15,16). The van der Waals surface area contributed by atoms with Crippen molar-refractivity contribution in [2.24, 2.45) is 5.92 Å². The molecule has 0 saturated heterocycles. The van der Waals surface area contributed by atoms with Gasteiger partial charge in [-0.1, -0.05) is 24.6 Å². The number of halogens is 1. The van der Waals surface area contributed by atoms with Crippen LogP contribution in [0, 0.1) is 24.2 Å². The molecule has 0 radical (unpaired) electrons. The number of hydrogen-bond acceptors (Lipinski definition) is 2. The number of hydrogen-bond donors (Lipinski definition) is 1. The molecule has 0 bridgehead atoms. The fourth-order valence-electron chi connectivity index (χ4n) is 1.21. The van der Waals surface area contributed by atoms with Gasteiger partial charge in [-0.25, -0.2) is 0 Å². The molecular formula is C12H13ClN2O. The maximum atomic E-state index is 11.7. The summed E-state index contributed by atoms with van der Waals surface area (Å²) in [4.78, 5) is 11.7. The van der Waals surface area contributed by atoms with Crippen LogP contribution >= 0.6 is 11.6 Å². The van der Waals surface area contributed by atoms with Crippen molar-refractivity contribution in [1.29, 1.82) is 5.26 Å². The number of anilines is 1. The van der Waals surface area contributed by atoms with Crippen LogP contribution in [-0.4, -0.2) is 5.91 Å². The number of rotatable bonds is 3. The zero-order chi connectivity index (χ0) is 12.1. The minimum Gasteiger partial charge on any atom is -0.326 e. The van der Waals surface area contributed by atoms with Gasteiger partial charge in [-0.3, -0.25) is 4.79 Å². The highest BCUT2D eigenvalue weighted by Crippen LogP contribution is 2.21. The zero-order valence-electron chi connectivity index (χ0n) is 9.25. The second-order valence-electron chi connectivity index (χ2n) is 3.71. The van der Waals surface area contributed by atoms with Gasteiger partial charge in [-0.05, 0) is 24.6 Å². The van der Waals surface area contributed by atoms with Crippen molar-refractivity contribution in [1.82, 2.24) is 0 Å². The molecule has 0 aliphatic heterocycles. The highest BCUT2D eigenvalue weighted by molar-refractivity contribution is 6.31. The molecule has 1 amide bonds. The second kappa shape index (κ2) is 5.53. The Bertz CT molecular complexity index is 437. The number of carbonyl (C=O) groups is 1. The third kappa shape index (κ3) is 3.25. The van der Waals surface area contributed by atoms with E-state index >= 15 is 0 Å². The molecule has 4 heteroatoms. The first-order chi connectivity index (χ1) is 7.54. The van der Waals surface area contributed by atoms with Gasteiger partial charge in [0.2, 0.25) is 5.91 Å². The van der Waals surface area contributed by atoms with Gasteiger partial charge >= 0.3 is 0 Å². The van der Waals surface area contributed by atoms with Crippen LogP contribution in [-0.2, 0) is 4.79 Å². The van der Waals surface area contributed by atoms with Crippen molar-refractivity contribution in [2.45, 2.75) is 20.3 Å². The Balaban J connectivity index is 2.77. The van der Waals surface area contributed by atoms with E-state index in [2.05, 4.69) is 5.32 Å². The Hall–Kier alpha value is -1.53. The molecule has 1 atom stereocenters. The van der Waals surface area contributed by atoms with Gasteiger partial charge in [0, 0.05) is 23.0 Å². The Morgan fingerprint density at radius 1 is 1.62 bits per heavy atom. The molecule has 1 aromatic carbocycles. The molecule has 3 nitrogen and oxygen atoms in total. The van der Waals surface area contributed by atoms with Crippen molar-refractivity contribution in [3.8, 4) is 6.07 Å². The lowest BCUT2D eigenvalue weighted by Gasteiger charge is -2.11. The lowest BCUT2D eigenvalue weighted by Crippen LogP contribution is -2.20. The molecule has 84 valence electrons. The molecule has 0 heterocycles. The third-order valence-electron chi connectivity index (χ3n) is 2.30. The molecule has 0 spiro atoms. The lowest BCUT2D eigenvalue weighted by molar-refractivity contribution is -0.119. The van der Waals surface area contributed by atoms with Crippen LogP contribution in [0.1, 0.15) is 18.9 Å². The summed E-state index contributed by atoms with van der Waals surface area (Å²) >= 11 is 5.84. The van der Waals surface area contributed by atoms with Gasteiger partial charge in [0.1, 0.15) is 0 Å². The highest BCUT2D eigenvalue weighted by Gasteiger charge is 2.13. The molecular weight excluding hydrogens is 224 g/mol. The Morgan fingerprint density at radius 3 is 2.94 bits per heavy atom. The molecule has 0 aliphatic carbocycles. The van der Waals surface area contributed by atoms with Gasteiger partial charge < -0.3 is 5.32 Å². The van der Waals surface area contributed by atoms with Crippen LogP contribution in [0.15, 0.2) is 18.2 Å². The maximum Gasteiger partial charge on any atom is 0.228 e. The van der Waals surface area contributed by atoms with Crippen molar-refractivity contribution < 1.29 is 4.79 Å². The molecule has 0 aromatic heterocycles. The van der Waals surface area contributed by atoms with E-state index in [1.54, 1.807) is 19.1 Å². The highest BCUT2D eigenvalue weighted by atomic mass is 35.5. The van der Waals surface area contributed by atoms with E-state index in [0.717, 1.165) is 5.56 Å². The Morgan fingerprint density at radius 2 is 2.31 bits per heavy atom. The van der Waals surface area contributed by atoms with Gasteiger partial charge in [0.15, 0.2) is 0 Å². The van der Waals surface area contributed by atoms with Crippen LogP contribution < -0.4 is 5.32 Å². The normalized spacial score (nSPS) is 11.6. The van der Waals surface area contributed by atoms with Crippen molar-refractivity contribution in [3.63, 3.8) is 0 Å². The van der Waals surface area contributed by atoms with E-state index in [9.17, 15) is 4.79 Å². The molecule has 0 fully saturated rings. The molecule has 1 aromatic rings. The predicted octanol–water partition coefficient (Wildman–Crippen LogP) is 3.14. The van der Waals surface area contributed by atoms with Crippen LogP contribution in [0.4, 0.5) is 5.69 Å². The van der Waals surface area contributed by atoms with Crippen LogP contribution in [0.5, 0.6) is 0 Å². The van der Waals surface area contributed by atoms with E-state index in [1.807, 2.05) is 19.1 Å². The number of amides is 1. The maximum absolute atomic E-state index is 11.7. The van der Waals surface area contributed by atoms with E-state index < -0.39 is 0 Å². The minimum atomic E-state index is -0.316. The van der Waals surface area contributed by atoms with Crippen LogP contribution in [0.3, 0.4) is 0 Å². The number of nitrogens with zero attached hydrogens (tertiary/aromatic N) is 1. The van der Waals surface area contributed by atoms with Gasteiger partial charge in [-0.15, -0.1) is 0 Å². The summed E-state index contributed by atoms with van der Waals surface area (Å²) in [5.74, 6) is -0.477. The van der Waals surface area contributed by atoms with E-state index in [1.165, 1.54) is 0 Å². The summed E-state index contributed by atoms with van der Waals surface area (Å²) in [7, 11) is 0. The summed E-state index contributed by atoms with van der Waals surface area (Å²) < 4.78 is 0. The van der Waals surface area contributed by atoms with Crippen molar-refractivity contribution in [2.75, 3.05) is 5.32 Å². The topological polar surface area (TPSA) is 52.9 Å². The summed E-state index contributed by atoms with van der Waals surface area (Å²) in [5.41, 5.74) is 1.64. The molecule has 16 heavy (non-hydrogen) atoms. The lowest BCUT2D eigenvalue weighted by atomic mass is 10.1. The van der Waals surface area contributed by atoms with Gasteiger partial charge in [0.05, 0.1) is 6.07 Å². The summed E-state index contributed by atoms with van der Waals surface area (Å²) in [5, 5.41) is 11.8. The summed E-state index contributed by atoms with van der Waals surface area (Å²) in [6.07, 6.45) is 0.214. The monoisotopic (exact) mass is 236 g/mol. The molecule has 1 N–H and O–H groups in total. The number of benzene rings is 1. The smallest absolute Gasteiger partial charge is 0.228 e. The fourth-order valence-corrected chi connectivity index (χ4v) is 1.39. The summed E-state index contributed by atoms with van der Waals surface area (Å²) in [6, 6.07) is 7.28. The van der Waals surface area contributed by atoms with Gasteiger partial charge in [0.25, 0.3) is 0 Å². The van der Waals surface area contributed by atoms with Crippen molar-refractivity contribution in [3.05, 3.63) is 28.8 Å². The van der Waals surface area contributed by atoms with E-state index in [4.69, 9.17) is 16.9 Å². The SMILES string of the molecule is Cc1ccc(Cl)cc1NC(=O)C(C)CC#N. The quantitative estimate of drug-likeness (QED) is 0.877. The average Bonchev–Trinajstić information content (AvgIpc) is 2.23. The minimum absolute atomic E-state index is 0.160. The van der Waals surface area contributed by atoms with E-state index in [0.29, 0.717) is 10.7 Å².